The van der Waals surface area contributed by atoms with E-state index in [-0.39, 0.29) is 23.3 Å². The van der Waals surface area contributed by atoms with E-state index in [1.807, 2.05) is 13.8 Å². The van der Waals surface area contributed by atoms with Crippen LogP contribution in [0.15, 0.2) is 0 Å². The molecule has 0 spiro atoms. The summed E-state index contributed by atoms with van der Waals surface area (Å²) in [6.45, 7) is 4.69. The van der Waals surface area contributed by atoms with E-state index in [1.165, 1.54) is 4.90 Å². The molecule has 1 saturated carbocycles. The Bertz CT molecular complexity index is 364. The number of hydrogen-bond acceptors (Lipinski definition) is 3. The summed E-state index contributed by atoms with van der Waals surface area (Å²) in [7, 11) is 1.61. The molecule has 0 unspecified atom stereocenters. The fourth-order valence-corrected chi connectivity index (χ4v) is 2.01. The zero-order chi connectivity index (χ0) is 13.9. The van der Waals surface area contributed by atoms with Gasteiger partial charge in [-0.25, -0.2) is 0 Å². The molecule has 1 rings (SSSR count). The second kappa shape index (κ2) is 5.65. The highest BCUT2D eigenvalue weighted by molar-refractivity contribution is 7.80. The van der Waals surface area contributed by atoms with Crippen LogP contribution in [0, 0.1) is 11.3 Å². The van der Waals surface area contributed by atoms with Crippen LogP contribution in [-0.2, 0) is 9.59 Å². The highest BCUT2D eigenvalue weighted by atomic mass is 32.1. The Kier molecular flexibility index (Phi) is 4.67. The van der Waals surface area contributed by atoms with Crippen molar-refractivity contribution in [2.45, 2.75) is 26.7 Å². The first-order valence-electron chi connectivity index (χ1n) is 6.12. The molecule has 6 heteroatoms. The Morgan fingerprint density at radius 3 is 2.39 bits per heavy atom. The summed E-state index contributed by atoms with van der Waals surface area (Å²) in [4.78, 5) is 25.4. The molecule has 3 N–H and O–H groups in total. The molecular formula is C12H21N3O2S. The maximum Gasteiger partial charge on any atom is 0.239 e. The third-order valence-corrected chi connectivity index (χ3v) is 3.46. The van der Waals surface area contributed by atoms with Gasteiger partial charge in [-0.1, -0.05) is 26.1 Å². The lowest BCUT2D eigenvalue weighted by molar-refractivity contribution is -0.137. The van der Waals surface area contributed by atoms with E-state index in [2.05, 4.69) is 5.32 Å². The van der Waals surface area contributed by atoms with Crippen LogP contribution in [-0.4, -0.2) is 41.8 Å². The van der Waals surface area contributed by atoms with Gasteiger partial charge in [0.15, 0.2) is 0 Å². The fraction of sp³-hybridized carbons (Fsp3) is 0.750. The van der Waals surface area contributed by atoms with E-state index < -0.39 is 5.41 Å². The van der Waals surface area contributed by atoms with Crippen LogP contribution in [0.4, 0.5) is 0 Å². The molecule has 0 aromatic rings. The molecule has 18 heavy (non-hydrogen) atoms. The molecular weight excluding hydrogens is 250 g/mol. The van der Waals surface area contributed by atoms with Crippen molar-refractivity contribution >= 4 is 29.0 Å². The van der Waals surface area contributed by atoms with Crippen molar-refractivity contribution in [1.82, 2.24) is 10.2 Å². The van der Waals surface area contributed by atoms with Crippen LogP contribution < -0.4 is 11.1 Å². The minimum absolute atomic E-state index is 0.0515. The lowest BCUT2D eigenvalue weighted by Crippen LogP contribution is -2.45. The van der Waals surface area contributed by atoms with E-state index >= 15 is 0 Å². The maximum absolute atomic E-state index is 12.1. The van der Waals surface area contributed by atoms with Gasteiger partial charge >= 0.3 is 0 Å². The molecule has 0 heterocycles. The fourth-order valence-electron chi connectivity index (χ4n) is 1.72. The number of amides is 2. The number of rotatable bonds is 6. The lowest BCUT2D eigenvalue weighted by Gasteiger charge is -2.22. The van der Waals surface area contributed by atoms with Gasteiger partial charge in [-0.3, -0.25) is 9.59 Å². The van der Waals surface area contributed by atoms with Crippen LogP contribution in [0.3, 0.4) is 0 Å². The minimum Gasteiger partial charge on any atom is -0.392 e. The molecule has 0 aliphatic heterocycles. The highest BCUT2D eigenvalue weighted by Gasteiger charge is 2.54. The predicted octanol–water partition coefficient (Wildman–Crippen LogP) is 0.283. The average Bonchev–Trinajstić information content (AvgIpc) is 3.06. The molecule has 0 aromatic heterocycles. The van der Waals surface area contributed by atoms with Crippen LogP contribution >= 0.6 is 12.2 Å². The molecule has 0 saturated heterocycles. The van der Waals surface area contributed by atoms with Gasteiger partial charge in [-0.05, 0) is 18.8 Å². The summed E-state index contributed by atoms with van der Waals surface area (Å²) in [5.41, 5.74) is 4.91. The number of nitrogens with zero attached hydrogens (tertiary/aromatic N) is 1. The molecule has 2 amide bonds. The Balaban J connectivity index is 2.46. The first-order chi connectivity index (χ1) is 8.29. The number of nitrogens with one attached hydrogen (secondary N) is 1. The van der Waals surface area contributed by atoms with Crippen molar-refractivity contribution in [3.8, 4) is 0 Å². The topological polar surface area (TPSA) is 75.4 Å². The van der Waals surface area contributed by atoms with Crippen molar-refractivity contribution in [3.63, 3.8) is 0 Å². The molecule has 0 bridgehead atoms. The third kappa shape index (κ3) is 3.41. The smallest absolute Gasteiger partial charge is 0.239 e. The average molecular weight is 271 g/mol. The second-order valence-corrected chi connectivity index (χ2v) is 5.75. The summed E-state index contributed by atoms with van der Waals surface area (Å²) in [5.74, 6) is 0.0920. The molecule has 1 aliphatic carbocycles. The molecule has 102 valence electrons. The first kappa shape index (κ1) is 14.9. The summed E-state index contributed by atoms with van der Waals surface area (Å²) in [6.07, 6.45) is 1.39. The number of nitrogens with two attached hydrogens (primary N) is 1. The SMILES string of the molecule is CC(C)CNC(=O)CN(C)C(=O)C1(C(N)=S)CC1. The van der Waals surface area contributed by atoms with Gasteiger partial charge in [-0.2, -0.15) is 0 Å². The third-order valence-electron chi connectivity index (χ3n) is 3.07. The quantitative estimate of drug-likeness (QED) is 0.681. The monoisotopic (exact) mass is 271 g/mol. The van der Waals surface area contributed by atoms with Crippen molar-refractivity contribution in [2.24, 2.45) is 17.1 Å². The van der Waals surface area contributed by atoms with Crippen LogP contribution in [0.1, 0.15) is 26.7 Å². The maximum atomic E-state index is 12.1. The number of hydrogen-bond donors (Lipinski definition) is 2. The van der Waals surface area contributed by atoms with E-state index in [9.17, 15) is 9.59 Å². The van der Waals surface area contributed by atoms with Crippen LogP contribution in [0.5, 0.6) is 0 Å². The molecule has 5 nitrogen and oxygen atoms in total. The molecule has 0 aromatic carbocycles. The molecule has 0 atom stereocenters. The number of carbonyl (C=O) groups is 2. The molecule has 1 fully saturated rings. The number of carbonyl (C=O) groups excluding carboxylic acids is 2. The van der Waals surface area contributed by atoms with Gasteiger partial charge in [0.2, 0.25) is 11.8 Å². The van der Waals surface area contributed by atoms with Crippen molar-refractivity contribution < 1.29 is 9.59 Å². The van der Waals surface area contributed by atoms with Gasteiger partial charge in [0.05, 0.1) is 16.9 Å². The summed E-state index contributed by atoms with van der Waals surface area (Å²) < 4.78 is 0. The van der Waals surface area contributed by atoms with E-state index in [1.54, 1.807) is 7.05 Å². The van der Waals surface area contributed by atoms with Gasteiger partial charge in [0, 0.05) is 13.6 Å². The van der Waals surface area contributed by atoms with Gasteiger partial charge in [0.25, 0.3) is 0 Å². The second-order valence-electron chi connectivity index (χ2n) is 5.31. The predicted molar refractivity (Wildman–Crippen MR) is 73.9 cm³/mol. The Labute approximate surface area is 113 Å². The van der Waals surface area contributed by atoms with E-state index in [4.69, 9.17) is 18.0 Å². The van der Waals surface area contributed by atoms with E-state index in [0.29, 0.717) is 25.3 Å². The summed E-state index contributed by atoms with van der Waals surface area (Å²) >= 11 is 4.92. The van der Waals surface area contributed by atoms with Gasteiger partial charge in [-0.15, -0.1) is 0 Å². The summed E-state index contributed by atoms with van der Waals surface area (Å²) in [6, 6.07) is 0. The van der Waals surface area contributed by atoms with Gasteiger partial charge < -0.3 is 16.0 Å². The Morgan fingerprint density at radius 1 is 1.44 bits per heavy atom. The molecule has 1 aliphatic rings. The zero-order valence-corrected chi connectivity index (χ0v) is 12.0. The normalized spacial score (nSPS) is 16.2. The highest BCUT2D eigenvalue weighted by Crippen LogP contribution is 2.47. The number of thiocarbonyl (C=S) groups is 1. The van der Waals surface area contributed by atoms with Crippen LogP contribution in [0.2, 0.25) is 0 Å². The zero-order valence-electron chi connectivity index (χ0n) is 11.2. The standard InChI is InChI=1S/C12H21N3O2S/c1-8(2)6-14-9(16)7-15(3)11(17)12(4-5-12)10(13)18/h8H,4-7H2,1-3H3,(H2,13,18)(H,14,16). The van der Waals surface area contributed by atoms with Crippen LogP contribution in [0.25, 0.3) is 0 Å². The first-order valence-corrected chi connectivity index (χ1v) is 6.52. The van der Waals surface area contributed by atoms with Crippen molar-refractivity contribution in [2.75, 3.05) is 20.1 Å². The van der Waals surface area contributed by atoms with Crippen molar-refractivity contribution in [3.05, 3.63) is 0 Å². The van der Waals surface area contributed by atoms with Gasteiger partial charge in [0.1, 0.15) is 0 Å². The lowest BCUT2D eigenvalue weighted by atomic mass is 10.1. The largest absolute Gasteiger partial charge is 0.392 e. The Morgan fingerprint density at radius 2 is 2.00 bits per heavy atom. The minimum atomic E-state index is -0.678. The molecule has 0 radical (unpaired) electrons. The summed E-state index contributed by atoms with van der Waals surface area (Å²) in [5, 5.41) is 2.77. The number of likely N-dealkylation sites (N-methyl/N-ethyl adjacent to an activating group) is 1. The van der Waals surface area contributed by atoms with Crippen molar-refractivity contribution in [1.29, 1.82) is 0 Å². The van der Waals surface area contributed by atoms with E-state index in [0.717, 1.165) is 0 Å². The Hall–Kier alpha value is -1.17.